The molecule has 0 fully saturated rings. The normalized spacial score (nSPS) is 11.1. The van der Waals surface area contributed by atoms with Gasteiger partial charge in [0.1, 0.15) is 0 Å². The van der Waals surface area contributed by atoms with E-state index in [1.165, 1.54) is 5.39 Å². The summed E-state index contributed by atoms with van der Waals surface area (Å²) < 4.78 is 12.4. The summed E-state index contributed by atoms with van der Waals surface area (Å²) >= 11 is 0. The van der Waals surface area contributed by atoms with E-state index in [1.807, 2.05) is 37.4 Å². The van der Waals surface area contributed by atoms with E-state index >= 15 is 0 Å². The van der Waals surface area contributed by atoms with Crippen LogP contribution in [0.15, 0.2) is 30.5 Å². The molecule has 0 unspecified atom stereocenters. The van der Waals surface area contributed by atoms with Gasteiger partial charge in [-0.3, -0.25) is 4.34 Å². The van der Waals surface area contributed by atoms with Crippen molar-refractivity contribution in [3.05, 3.63) is 36.0 Å². The van der Waals surface area contributed by atoms with Crippen LogP contribution in [-0.2, 0) is 4.57 Å². The summed E-state index contributed by atoms with van der Waals surface area (Å²) in [5, 5.41) is 1.17. The highest BCUT2D eigenvalue weighted by molar-refractivity contribution is 7.22. The first-order chi connectivity index (χ1) is 5.83. The molecule has 0 aliphatic rings. The maximum atomic E-state index is 10.7. The third kappa shape index (κ3) is 0.961. The molecule has 0 saturated heterocycles. The van der Waals surface area contributed by atoms with Gasteiger partial charge in [0.05, 0.1) is 5.52 Å². The SMILES string of the molecule is Cc1cn(P=O)c2ccccc12. The van der Waals surface area contributed by atoms with Gasteiger partial charge in [-0.25, -0.2) is 4.57 Å². The number of aromatic nitrogens is 1. The number of aryl methyl sites for hydroxylation is 1. The quantitative estimate of drug-likeness (QED) is 0.613. The minimum Gasteiger partial charge on any atom is -0.266 e. The van der Waals surface area contributed by atoms with E-state index in [9.17, 15) is 4.57 Å². The maximum absolute atomic E-state index is 10.7. The van der Waals surface area contributed by atoms with Gasteiger partial charge >= 0.3 is 0 Å². The van der Waals surface area contributed by atoms with Crippen molar-refractivity contribution in [3.63, 3.8) is 0 Å². The molecule has 1 aromatic heterocycles. The fraction of sp³-hybridized carbons (Fsp3) is 0.111. The molecule has 3 heteroatoms. The van der Waals surface area contributed by atoms with Gasteiger partial charge in [0, 0.05) is 11.6 Å². The van der Waals surface area contributed by atoms with Crippen LogP contribution in [0.4, 0.5) is 0 Å². The molecule has 2 nitrogen and oxygen atoms in total. The van der Waals surface area contributed by atoms with Crippen molar-refractivity contribution >= 4 is 19.5 Å². The fourth-order valence-corrected chi connectivity index (χ4v) is 1.88. The molecule has 0 atom stereocenters. The highest BCUT2D eigenvalue weighted by atomic mass is 31.1. The number of fused-ring (bicyclic) bond motifs is 1. The Morgan fingerprint density at radius 1 is 1.33 bits per heavy atom. The summed E-state index contributed by atoms with van der Waals surface area (Å²) in [5.74, 6) is 0. The van der Waals surface area contributed by atoms with Crippen LogP contribution < -0.4 is 0 Å². The molecule has 1 heterocycles. The van der Waals surface area contributed by atoms with Crippen molar-refractivity contribution in [2.45, 2.75) is 6.92 Å². The highest BCUT2D eigenvalue weighted by Gasteiger charge is 2.02. The summed E-state index contributed by atoms with van der Waals surface area (Å²) in [6.07, 6.45) is 1.89. The van der Waals surface area contributed by atoms with E-state index in [2.05, 4.69) is 0 Å². The van der Waals surface area contributed by atoms with Crippen LogP contribution in [0.3, 0.4) is 0 Å². The number of hydrogen-bond donors (Lipinski definition) is 0. The first-order valence-corrected chi connectivity index (χ1v) is 4.50. The highest BCUT2D eigenvalue weighted by Crippen LogP contribution is 2.23. The number of para-hydroxylation sites is 1. The van der Waals surface area contributed by atoms with E-state index in [0.29, 0.717) is 0 Å². The zero-order valence-electron chi connectivity index (χ0n) is 6.69. The predicted molar refractivity (Wildman–Crippen MR) is 49.7 cm³/mol. The largest absolute Gasteiger partial charge is 0.286 e. The second-order valence-corrected chi connectivity index (χ2v) is 3.35. The van der Waals surface area contributed by atoms with Gasteiger partial charge < -0.3 is 0 Å². The third-order valence-corrected chi connectivity index (χ3v) is 2.49. The Morgan fingerprint density at radius 3 is 2.83 bits per heavy atom. The van der Waals surface area contributed by atoms with Gasteiger partial charge in [-0.1, -0.05) is 18.2 Å². The van der Waals surface area contributed by atoms with Crippen LogP contribution in [0.25, 0.3) is 10.9 Å². The molecular weight excluding hydrogens is 169 g/mol. The Labute approximate surface area is 72.1 Å². The summed E-state index contributed by atoms with van der Waals surface area (Å²) in [4.78, 5) is 0. The van der Waals surface area contributed by atoms with E-state index in [1.54, 1.807) is 4.34 Å². The van der Waals surface area contributed by atoms with E-state index in [-0.39, 0.29) is 8.61 Å². The second-order valence-electron chi connectivity index (χ2n) is 2.76. The van der Waals surface area contributed by atoms with Gasteiger partial charge in [0.2, 0.25) is 0 Å². The summed E-state index contributed by atoms with van der Waals surface area (Å²) in [6.45, 7) is 2.02. The standard InChI is InChI=1S/C9H8NOP/c1-7-6-10(12-11)9-5-3-2-4-8(7)9/h2-6H,1H3. The molecule has 12 heavy (non-hydrogen) atoms. The van der Waals surface area contributed by atoms with E-state index in [4.69, 9.17) is 0 Å². The molecule has 60 valence electrons. The van der Waals surface area contributed by atoms with Crippen molar-refractivity contribution < 1.29 is 4.57 Å². The molecule has 0 bridgehead atoms. The predicted octanol–water partition coefficient (Wildman–Crippen LogP) is 3.00. The minimum absolute atomic E-state index is 0.0286. The maximum Gasteiger partial charge on any atom is 0.286 e. The lowest BCUT2D eigenvalue weighted by Crippen LogP contribution is -1.73. The van der Waals surface area contributed by atoms with Crippen LogP contribution in [0.5, 0.6) is 0 Å². The molecule has 0 aliphatic heterocycles. The average molecular weight is 177 g/mol. The van der Waals surface area contributed by atoms with Crippen molar-refractivity contribution in [2.24, 2.45) is 0 Å². The molecule has 0 saturated carbocycles. The Hall–Kier alpha value is -1.14. The Kier molecular flexibility index (Phi) is 1.70. The lowest BCUT2D eigenvalue weighted by Gasteiger charge is -1.90. The lowest BCUT2D eigenvalue weighted by molar-refractivity contribution is 0.595. The summed E-state index contributed by atoms with van der Waals surface area (Å²) in [7, 11) is 0.0286. The second kappa shape index (κ2) is 2.72. The fourth-order valence-electron chi connectivity index (χ4n) is 1.40. The van der Waals surface area contributed by atoms with Crippen LogP contribution in [0.1, 0.15) is 5.56 Å². The topological polar surface area (TPSA) is 22.0 Å². The van der Waals surface area contributed by atoms with Crippen LogP contribution in [0.2, 0.25) is 0 Å². The van der Waals surface area contributed by atoms with E-state index in [0.717, 1.165) is 11.1 Å². The Bertz CT molecular complexity index is 433. The lowest BCUT2D eigenvalue weighted by atomic mass is 10.2. The van der Waals surface area contributed by atoms with Gasteiger partial charge in [0.25, 0.3) is 8.61 Å². The third-order valence-electron chi connectivity index (χ3n) is 1.98. The Morgan fingerprint density at radius 2 is 2.08 bits per heavy atom. The first kappa shape index (κ1) is 7.51. The zero-order valence-corrected chi connectivity index (χ0v) is 7.58. The molecule has 0 radical (unpaired) electrons. The van der Waals surface area contributed by atoms with Gasteiger partial charge in [-0.15, -0.1) is 0 Å². The number of nitrogens with zero attached hydrogens (tertiary/aromatic N) is 1. The first-order valence-electron chi connectivity index (χ1n) is 3.73. The van der Waals surface area contributed by atoms with Crippen molar-refractivity contribution in [3.8, 4) is 0 Å². The van der Waals surface area contributed by atoms with Gasteiger partial charge in [-0.2, -0.15) is 0 Å². The molecular formula is C9H8NOP. The Balaban J connectivity index is 2.91. The minimum atomic E-state index is 0.0286. The van der Waals surface area contributed by atoms with Crippen molar-refractivity contribution in [2.75, 3.05) is 0 Å². The van der Waals surface area contributed by atoms with Gasteiger partial charge in [0.15, 0.2) is 0 Å². The van der Waals surface area contributed by atoms with Crippen LogP contribution in [-0.4, -0.2) is 4.34 Å². The average Bonchev–Trinajstić information content (AvgIpc) is 2.44. The molecule has 0 amide bonds. The molecule has 0 N–H and O–H groups in total. The zero-order chi connectivity index (χ0) is 8.55. The number of hydrogen-bond acceptors (Lipinski definition) is 1. The molecule has 1 aromatic carbocycles. The van der Waals surface area contributed by atoms with Crippen molar-refractivity contribution in [1.29, 1.82) is 0 Å². The molecule has 2 rings (SSSR count). The molecule has 2 aromatic rings. The number of rotatable bonds is 1. The summed E-state index contributed by atoms with van der Waals surface area (Å²) in [6, 6.07) is 7.93. The summed E-state index contributed by atoms with van der Waals surface area (Å²) in [5.41, 5.74) is 2.18. The smallest absolute Gasteiger partial charge is 0.266 e. The number of benzene rings is 1. The van der Waals surface area contributed by atoms with Crippen LogP contribution in [0, 0.1) is 6.92 Å². The van der Waals surface area contributed by atoms with Gasteiger partial charge in [-0.05, 0) is 18.6 Å². The molecule has 0 spiro atoms. The molecule has 0 aliphatic carbocycles. The van der Waals surface area contributed by atoms with Crippen LogP contribution >= 0.6 is 8.61 Å². The van der Waals surface area contributed by atoms with Crippen molar-refractivity contribution in [1.82, 2.24) is 4.34 Å². The monoisotopic (exact) mass is 177 g/mol. The van der Waals surface area contributed by atoms with E-state index < -0.39 is 0 Å².